The summed E-state index contributed by atoms with van der Waals surface area (Å²) in [7, 11) is 1.35. The van der Waals surface area contributed by atoms with Crippen molar-refractivity contribution in [3.63, 3.8) is 0 Å². The highest BCUT2D eigenvalue weighted by molar-refractivity contribution is 5.70. The first kappa shape index (κ1) is 12.2. The van der Waals surface area contributed by atoms with Crippen molar-refractivity contribution in [1.29, 1.82) is 0 Å². The van der Waals surface area contributed by atoms with Gasteiger partial charge in [0.2, 0.25) is 0 Å². The lowest BCUT2D eigenvalue weighted by Crippen LogP contribution is -2.42. The number of esters is 1. The molecular formula is C15H16O5. The molecule has 1 saturated heterocycles. The molecule has 106 valence electrons. The standard InChI is InChI=1S/C15H16O5/c1-17-12(16)7-18-8-15-6-11-14(19-11)13(15)9-4-2-3-5-10(9)20-15/h2-5,11,13-14H,6-8H2,1H3/t11-,13?,14-,15?/m1/s1. The first-order valence-electron chi connectivity index (χ1n) is 6.81. The Morgan fingerprint density at radius 3 is 3.15 bits per heavy atom. The third-order valence-corrected chi connectivity index (χ3v) is 4.43. The number of hydrogen-bond donors (Lipinski definition) is 0. The van der Waals surface area contributed by atoms with Crippen LogP contribution in [0.25, 0.3) is 0 Å². The fraction of sp³-hybridized carbons (Fsp3) is 0.533. The lowest BCUT2D eigenvalue weighted by atomic mass is 9.87. The number of epoxide rings is 1. The number of carbonyl (C=O) groups excluding carboxylic acids is 1. The van der Waals surface area contributed by atoms with Crippen LogP contribution < -0.4 is 4.74 Å². The average molecular weight is 276 g/mol. The quantitative estimate of drug-likeness (QED) is 0.612. The largest absolute Gasteiger partial charge is 0.484 e. The third-order valence-electron chi connectivity index (χ3n) is 4.43. The van der Waals surface area contributed by atoms with E-state index in [2.05, 4.69) is 10.8 Å². The first-order valence-corrected chi connectivity index (χ1v) is 6.81. The van der Waals surface area contributed by atoms with Crippen LogP contribution in [0.4, 0.5) is 0 Å². The number of ether oxygens (including phenoxy) is 4. The molecular weight excluding hydrogens is 260 g/mol. The molecule has 3 aliphatic rings. The van der Waals surface area contributed by atoms with Crippen LogP contribution in [0.5, 0.6) is 5.75 Å². The van der Waals surface area contributed by atoms with Crippen LogP contribution in [0, 0.1) is 0 Å². The smallest absolute Gasteiger partial charge is 0.331 e. The van der Waals surface area contributed by atoms with Crippen LogP contribution >= 0.6 is 0 Å². The molecule has 0 bridgehead atoms. The molecule has 4 atom stereocenters. The van der Waals surface area contributed by atoms with E-state index < -0.39 is 0 Å². The maximum atomic E-state index is 11.2. The number of fused-ring (bicyclic) bond motifs is 5. The van der Waals surface area contributed by atoms with Gasteiger partial charge in [0.15, 0.2) is 0 Å². The predicted octanol–water partition coefficient (Wildman–Crippen LogP) is 1.26. The summed E-state index contributed by atoms with van der Waals surface area (Å²) in [5.74, 6) is 0.752. The normalized spacial score (nSPS) is 35.8. The van der Waals surface area contributed by atoms with Gasteiger partial charge in [-0.3, -0.25) is 0 Å². The molecule has 2 heterocycles. The highest BCUT2D eigenvalue weighted by Gasteiger charge is 2.68. The number of methoxy groups -OCH3 is 1. The molecule has 4 rings (SSSR count). The van der Waals surface area contributed by atoms with E-state index in [0.717, 1.165) is 12.2 Å². The van der Waals surface area contributed by atoms with E-state index in [0.29, 0.717) is 6.61 Å². The van der Waals surface area contributed by atoms with Gasteiger partial charge in [-0.05, 0) is 6.07 Å². The molecule has 1 aliphatic carbocycles. The SMILES string of the molecule is COC(=O)COCC12C[C@H]3O[C@H]3C1c1ccccc1O2. The van der Waals surface area contributed by atoms with Crippen molar-refractivity contribution in [3.05, 3.63) is 29.8 Å². The molecule has 0 N–H and O–H groups in total. The van der Waals surface area contributed by atoms with E-state index >= 15 is 0 Å². The molecule has 2 unspecified atom stereocenters. The molecule has 1 saturated carbocycles. The molecule has 2 fully saturated rings. The molecule has 0 aromatic heterocycles. The Labute approximate surface area is 116 Å². The minimum absolute atomic E-state index is 0.0408. The average Bonchev–Trinajstić information content (AvgIpc) is 3.00. The van der Waals surface area contributed by atoms with Gasteiger partial charge < -0.3 is 18.9 Å². The van der Waals surface area contributed by atoms with E-state index in [9.17, 15) is 4.79 Å². The summed E-state index contributed by atoms with van der Waals surface area (Å²) >= 11 is 0. The zero-order chi connectivity index (χ0) is 13.7. The van der Waals surface area contributed by atoms with Gasteiger partial charge in [-0.25, -0.2) is 4.79 Å². The summed E-state index contributed by atoms with van der Waals surface area (Å²) in [6.07, 6.45) is 1.33. The maximum absolute atomic E-state index is 11.2. The number of rotatable bonds is 4. The van der Waals surface area contributed by atoms with E-state index in [1.165, 1.54) is 12.7 Å². The van der Waals surface area contributed by atoms with Gasteiger partial charge in [-0.2, -0.15) is 0 Å². The summed E-state index contributed by atoms with van der Waals surface area (Å²) < 4.78 is 22.0. The monoisotopic (exact) mass is 276 g/mol. The Kier molecular flexibility index (Phi) is 2.56. The molecule has 0 spiro atoms. The Morgan fingerprint density at radius 1 is 1.45 bits per heavy atom. The summed E-state index contributed by atoms with van der Waals surface area (Å²) in [6.45, 7) is 0.346. The van der Waals surface area contributed by atoms with Crippen molar-refractivity contribution in [2.24, 2.45) is 0 Å². The minimum atomic E-state index is -0.384. The second-order valence-electron chi connectivity index (χ2n) is 5.59. The number of benzene rings is 1. The Bertz CT molecular complexity index is 557. The van der Waals surface area contributed by atoms with Crippen molar-refractivity contribution in [3.8, 4) is 5.75 Å². The van der Waals surface area contributed by atoms with E-state index in [4.69, 9.17) is 14.2 Å². The predicted molar refractivity (Wildman–Crippen MR) is 68.7 cm³/mol. The second-order valence-corrected chi connectivity index (χ2v) is 5.59. The first-order chi connectivity index (χ1) is 9.73. The van der Waals surface area contributed by atoms with Crippen LogP contribution in [0.15, 0.2) is 24.3 Å². The second kappa shape index (κ2) is 4.20. The van der Waals surface area contributed by atoms with Crippen molar-refractivity contribution >= 4 is 5.97 Å². The molecule has 2 aliphatic heterocycles. The lowest BCUT2D eigenvalue weighted by Gasteiger charge is -2.30. The highest BCUT2D eigenvalue weighted by atomic mass is 16.6. The maximum Gasteiger partial charge on any atom is 0.331 e. The van der Waals surface area contributed by atoms with Crippen molar-refractivity contribution in [2.75, 3.05) is 20.3 Å². The molecule has 20 heavy (non-hydrogen) atoms. The molecule has 5 heteroatoms. The number of para-hydroxylation sites is 1. The van der Waals surface area contributed by atoms with Gasteiger partial charge >= 0.3 is 5.97 Å². The fourth-order valence-corrected chi connectivity index (χ4v) is 3.54. The molecule has 1 aromatic carbocycles. The number of carbonyl (C=O) groups is 1. The van der Waals surface area contributed by atoms with Crippen LogP contribution in [0.3, 0.4) is 0 Å². The van der Waals surface area contributed by atoms with Crippen molar-refractivity contribution in [1.82, 2.24) is 0 Å². The topological polar surface area (TPSA) is 57.3 Å². The van der Waals surface area contributed by atoms with Crippen LogP contribution in [-0.2, 0) is 19.0 Å². The van der Waals surface area contributed by atoms with Crippen molar-refractivity contribution < 1.29 is 23.7 Å². The third kappa shape index (κ3) is 1.66. The molecule has 5 nitrogen and oxygen atoms in total. The van der Waals surface area contributed by atoms with Gasteiger partial charge in [0.1, 0.15) is 18.0 Å². The van der Waals surface area contributed by atoms with Gasteiger partial charge in [-0.15, -0.1) is 0 Å². The van der Waals surface area contributed by atoms with Gasteiger partial charge in [0.25, 0.3) is 0 Å². The van der Waals surface area contributed by atoms with Crippen molar-refractivity contribution in [2.45, 2.75) is 30.1 Å². The molecule has 0 radical (unpaired) electrons. The zero-order valence-corrected chi connectivity index (χ0v) is 11.2. The molecule has 0 amide bonds. The van der Waals surface area contributed by atoms with E-state index in [1.54, 1.807) is 0 Å². The fourth-order valence-electron chi connectivity index (χ4n) is 3.54. The van der Waals surface area contributed by atoms with Gasteiger partial charge in [0.05, 0.1) is 31.8 Å². The van der Waals surface area contributed by atoms with Gasteiger partial charge in [0, 0.05) is 12.0 Å². The minimum Gasteiger partial charge on any atom is -0.484 e. The van der Waals surface area contributed by atoms with Crippen LogP contribution in [-0.4, -0.2) is 44.1 Å². The summed E-state index contributed by atoms with van der Waals surface area (Å²) in [5.41, 5.74) is 0.810. The Morgan fingerprint density at radius 2 is 2.30 bits per heavy atom. The number of hydrogen-bond acceptors (Lipinski definition) is 5. The van der Waals surface area contributed by atoms with Gasteiger partial charge in [-0.1, -0.05) is 18.2 Å². The van der Waals surface area contributed by atoms with Crippen LogP contribution in [0.2, 0.25) is 0 Å². The lowest BCUT2D eigenvalue weighted by molar-refractivity contribution is -0.148. The highest BCUT2D eigenvalue weighted by Crippen LogP contribution is 2.61. The molecule has 1 aromatic rings. The zero-order valence-electron chi connectivity index (χ0n) is 11.2. The summed E-state index contributed by atoms with van der Waals surface area (Å²) in [4.78, 5) is 11.2. The Balaban J connectivity index is 1.54. The van der Waals surface area contributed by atoms with E-state index in [-0.39, 0.29) is 36.3 Å². The van der Waals surface area contributed by atoms with E-state index in [1.807, 2.05) is 18.2 Å². The summed E-state index contributed by atoms with van der Waals surface area (Å²) in [5, 5.41) is 0. The van der Waals surface area contributed by atoms with Crippen LogP contribution in [0.1, 0.15) is 17.9 Å². The summed E-state index contributed by atoms with van der Waals surface area (Å²) in [6, 6.07) is 8.05. The Hall–Kier alpha value is -1.59.